The Kier molecular flexibility index (Phi) is 5.29. The van der Waals surface area contributed by atoms with Crippen LogP contribution in [0.1, 0.15) is 40.0 Å². The maximum absolute atomic E-state index is 12.9. The molecule has 3 amide bonds. The molecule has 2 saturated heterocycles. The molecule has 0 bridgehead atoms. The molecule has 1 atom stereocenters. The molecule has 2 aromatic rings. The number of carbonyl (C=O) groups excluding carboxylic acids is 2. The minimum Gasteiger partial charge on any atom is -0.477 e. The Hall–Kier alpha value is -3.20. The monoisotopic (exact) mass is 411 g/mol. The first-order valence-electron chi connectivity index (χ1n) is 10.0. The zero-order valence-electron chi connectivity index (χ0n) is 16.8. The molecule has 2 aliphatic rings. The second kappa shape index (κ2) is 7.91. The minimum absolute atomic E-state index is 0.0110. The average Bonchev–Trinajstić information content (AvgIpc) is 3.29. The number of likely N-dealkylation sites (tertiary alicyclic amines) is 1. The number of hydrogen-bond donors (Lipinski definition) is 4. The highest BCUT2D eigenvalue weighted by molar-refractivity contribution is 6.07. The summed E-state index contributed by atoms with van der Waals surface area (Å²) in [7, 11) is 0. The van der Waals surface area contributed by atoms with Gasteiger partial charge in [-0.05, 0) is 49.9 Å². The molecule has 0 saturated carbocycles. The molecule has 2 fully saturated rings. The van der Waals surface area contributed by atoms with Crippen molar-refractivity contribution in [3.05, 3.63) is 52.8 Å². The van der Waals surface area contributed by atoms with Gasteiger partial charge in [-0.3, -0.25) is 20.1 Å². The molecular weight excluding hydrogens is 386 g/mol. The fourth-order valence-electron chi connectivity index (χ4n) is 4.61. The number of benzene rings is 1. The molecule has 0 spiro atoms. The van der Waals surface area contributed by atoms with Gasteiger partial charge in [0.05, 0.1) is 6.20 Å². The van der Waals surface area contributed by atoms with E-state index in [0.717, 1.165) is 24.0 Å². The van der Waals surface area contributed by atoms with Crippen LogP contribution in [0.2, 0.25) is 0 Å². The van der Waals surface area contributed by atoms with Crippen molar-refractivity contribution in [1.82, 2.24) is 25.7 Å². The molecule has 1 aromatic heterocycles. The number of piperidine rings is 1. The summed E-state index contributed by atoms with van der Waals surface area (Å²) in [6, 6.07) is 7.46. The lowest BCUT2D eigenvalue weighted by Gasteiger charge is -2.41. The number of urea groups is 1. The maximum Gasteiger partial charge on any atom is 0.354 e. The highest BCUT2D eigenvalue weighted by Crippen LogP contribution is 2.35. The van der Waals surface area contributed by atoms with E-state index in [9.17, 15) is 19.5 Å². The van der Waals surface area contributed by atoms with Gasteiger partial charge in [-0.25, -0.2) is 9.59 Å². The Bertz CT molecular complexity index is 979. The summed E-state index contributed by atoms with van der Waals surface area (Å²) in [5.74, 6) is -1.31. The molecule has 4 N–H and O–H groups in total. The predicted molar refractivity (Wildman–Crippen MR) is 108 cm³/mol. The van der Waals surface area contributed by atoms with Crippen molar-refractivity contribution in [2.75, 3.05) is 13.1 Å². The van der Waals surface area contributed by atoms with Gasteiger partial charge in [0.2, 0.25) is 0 Å². The molecule has 9 nitrogen and oxygen atoms in total. The van der Waals surface area contributed by atoms with Crippen molar-refractivity contribution in [2.45, 2.75) is 38.3 Å². The van der Waals surface area contributed by atoms with Crippen LogP contribution in [-0.2, 0) is 17.8 Å². The van der Waals surface area contributed by atoms with Crippen LogP contribution < -0.4 is 10.6 Å². The summed E-state index contributed by atoms with van der Waals surface area (Å²) >= 11 is 0. The number of aromatic carboxylic acids is 1. The largest absolute Gasteiger partial charge is 0.477 e. The summed E-state index contributed by atoms with van der Waals surface area (Å²) in [6.45, 7) is 3.89. The second-order valence-corrected chi connectivity index (χ2v) is 8.11. The molecular formula is C21H25N5O4. The number of nitrogens with zero attached hydrogens (tertiary/aromatic N) is 2. The number of aromatic nitrogens is 2. The molecule has 0 radical (unpaired) electrons. The van der Waals surface area contributed by atoms with Crippen molar-refractivity contribution in [3.63, 3.8) is 0 Å². The molecule has 3 heterocycles. The van der Waals surface area contributed by atoms with Crippen LogP contribution in [0, 0.1) is 12.8 Å². The van der Waals surface area contributed by atoms with Gasteiger partial charge in [-0.1, -0.05) is 24.3 Å². The fourth-order valence-corrected chi connectivity index (χ4v) is 4.61. The number of imide groups is 1. The highest BCUT2D eigenvalue weighted by atomic mass is 16.4. The van der Waals surface area contributed by atoms with Crippen LogP contribution in [0.3, 0.4) is 0 Å². The van der Waals surface area contributed by atoms with Crippen molar-refractivity contribution < 1.29 is 19.5 Å². The SMILES string of the molecule is Cc1ccccc1CC1(C2CCN(Cc3cn[nH]c3C(=O)O)CC2)NC(=O)NC1=O. The third-order valence-electron chi connectivity index (χ3n) is 6.31. The molecule has 0 aliphatic carbocycles. The van der Waals surface area contributed by atoms with E-state index in [1.54, 1.807) is 6.20 Å². The van der Waals surface area contributed by atoms with E-state index < -0.39 is 17.5 Å². The van der Waals surface area contributed by atoms with Crippen molar-refractivity contribution in [3.8, 4) is 0 Å². The van der Waals surface area contributed by atoms with Crippen LogP contribution >= 0.6 is 0 Å². The van der Waals surface area contributed by atoms with Gasteiger partial charge in [0.15, 0.2) is 0 Å². The molecule has 9 heteroatoms. The number of aryl methyl sites for hydroxylation is 1. The summed E-state index contributed by atoms with van der Waals surface area (Å²) in [4.78, 5) is 38.4. The van der Waals surface area contributed by atoms with Crippen molar-refractivity contribution in [1.29, 1.82) is 0 Å². The number of rotatable bonds is 6. The van der Waals surface area contributed by atoms with Crippen molar-refractivity contribution >= 4 is 17.9 Å². The van der Waals surface area contributed by atoms with Gasteiger partial charge in [0, 0.05) is 18.5 Å². The highest BCUT2D eigenvalue weighted by Gasteiger charge is 2.52. The third kappa shape index (κ3) is 3.68. The summed E-state index contributed by atoms with van der Waals surface area (Å²) in [5, 5.41) is 21.0. The normalized spacial score (nSPS) is 22.7. The van der Waals surface area contributed by atoms with Gasteiger partial charge in [-0.15, -0.1) is 0 Å². The van der Waals surface area contributed by atoms with Crippen LogP contribution in [0.5, 0.6) is 0 Å². The van der Waals surface area contributed by atoms with Crippen LogP contribution in [0.15, 0.2) is 30.5 Å². The zero-order valence-corrected chi connectivity index (χ0v) is 16.8. The number of carboxylic acids is 1. The Morgan fingerprint density at radius 3 is 2.60 bits per heavy atom. The first-order valence-corrected chi connectivity index (χ1v) is 10.0. The molecule has 158 valence electrons. The van der Waals surface area contributed by atoms with E-state index >= 15 is 0 Å². The fraction of sp³-hybridized carbons (Fsp3) is 0.429. The zero-order chi connectivity index (χ0) is 21.3. The maximum atomic E-state index is 12.9. The van der Waals surface area contributed by atoms with Crippen molar-refractivity contribution in [2.24, 2.45) is 5.92 Å². The van der Waals surface area contributed by atoms with E-state index in [2.05, 4.69) is 25.7 Å². The summed E-state index contributed by atoms with van der Waals surface area (Å²) < 4.78 is 0. The van der Waals surface area contributed by atoms with E-state index in [1.807, 2.05) is 31.2 Å². The number of amides is 3. The van der Waals surface area contributed by atoms with E-state index in [4.69, 9.17) is 0 Å². The molecule has 30 heavy (non-hydrogen) atoms. The van der Waals surface area contributed by atoms with Crippen LogP contribution in [0.25, 0.3) is 0 Å². The topological polar surface area (TPSA) is 127 Å². The van der Waals surface area contributed by atoms with Gasteiger partial charge < -0.3 is 10.4 Å². The molecule has 2 aliphatic heterocycles. The first kappa shape index (κ1) is 20.1. The number of carboxylic acid groups (broad SMARTS) is 1. The van der Waals surface area contributed by atoms with Gasteiger partial charge in [-0.2, -0.15) is 5.10 Å². The quantitative estimate of drug-likeness (QED) is 0.533. The van der Waals surface area contributed by atoms with Crippen LogP contribution in [-0.4, -0.2) is 56.7 Å². The number of nitrogens with one attached hydrogen (secondary N) is 3. The smallest absolute Gasteiger partial charge is 0.354 e. The lowest BCUT2D eigenvalue weighted by molar-refractivity contribution is -0.126. The van der Waals surface area contributed by atoms with E-state index in [0.29, 0.717) is 31.6 Å². The Labute approximate surface area is 173 Å². The predicted octanol–water partition coefficient (Wildman–Crippen LogP) is 1.45. The summed E-state index contributed by atoms with van der Waals surface area (Å²) in [5.41, 5.74) is 1.92. The first-order chi connectivity index (χ1) is 14.4. The number of H-pyrrole nitrogens is 1. The Morgan fingerprint density at radius 2 is 1.97 bits per heavy atom. The Morgan fingerprint density at radius 1 is 1.23 bits per heavy atom. The second-order valence-electron chi connectivity index (χ2n) is 8.11. The number of aromatic amines is 1. The molecule has 1 aromatic carbocycles. The average molecular weight is 411 g/mol. The van der Waals surface area contributed by atoms with E-state index in [1.165, 1.54) is 0 Å². The van der Waals surface area contributed by atoms with Gasteiger partial charge in [0.1, 0.15) is 11.2 Å². The lowest BCUT2D eigenvalue weighted by Crippen LogP contribution is -2.57. The minimum atomic E-state index is -1.03. The lowest BCUT2D eigenvalue weighted by atomic mass is 9.73. The third-order valence-corrected chi connectivity index (χ3v) is 6.31. The Balaban J connectivity index is 1.49. The molecule has 4 rings (SSSR count). The standard InChI is InChI=1S/C21H25N5O4/c1-13-4-2-3-5-14(13)10-21(19(29)23-20(30)24-21)16-6-8-26(9-7-16)12-15-11-22-25-17(15)18(27)28/h2-5,11,16H,6-10,12H2,1H3,(H,22,25)(H,27,28)(H2,23,24,29,30). The summed E-state index contributed by atoms with van der Waals surface area (Å²) in [6.07, 6.45) is 3.44. The number of carbonyl (C=O) groups is 3. The van der Waals surface area contributed by atoms with Gasteiger partial charge in [0.25, 0.3) is 5.91 Å². The number of hydrogen-bond acceptors (Lipinski definition) is 5. The van der Waals surface area contributed by atoms with E-state index in [-0.39, 0.29) is 17.5 Å². The molecule has 1 unspecified atom stereocenters. The van der Waals surface area contributed by atoms with Gasteiger partial charge >= 0.3 is 12.0 Å². The van der Waals surface area contributed by atoms with Crippen LogP contribution in [0.4, 0.5) is 4.79 Å².